The van der Waals surface area contributed by atoms with E-state index in [0.29, 0.717) is 13.2 Å². The number of carboxylic acid groups (broad SMARTS) is 1. The molecule has 0 aromatic heterocycles. The molecule has 0 aromatic rings. The fourth-order valence-electron chi connectivity index (χ4n) is 0.520. The molecule has 0 heterocycles. The lowest BCUT2D eigenvalue weighted by atomic mass is 10.4. The lowest BCUT2D eigenvalue weighted by molar-refractivity contribution is -0.134. The number of hydrogen-bond donors (Lipinski definition) is 3. The summed E-state index contributed by atoms with van der Waals surface area (Å²) >= 11 is 0. The lowest BCUT2D eigenvalue weighted by Crippen LogP contribution is -2.03. The minimum atomic E-state index is -0.833. The molecular formula is C11H26O6. The van der Waals surface area contributed by atoms with E-state index in [1.54, 1.807) is 7.11 Å². The van der Waals surface area contributed by atoms with Gasteiger partial charge in [-0.2, -0.15) is 0 Å². The molecule has 17 heavy (non-hydrogen) atoms. The molecule has 6 heteroatoms. The molecule has 0 bridgehead atoms. The Hall–Kier alpha value is -0.690. The van der Waals surface area contributed by atoms with Gasteiger partial charge in [0.25, 0.3) is 5.97 Å². The van der Waals surface area contributed by atoms with Crippen LogP contribution in [0.15, 0.2) is 0 Å². The summed E-state index contributed by atoms with van der Waals surface area (Å²) in [5.41, 5.74) is 0. The monoisotopic (exact) mass is 254 g/mol. The molecule has 0 spiro atoms. The van der Waals surface area contributed by atoms with Crippen molar-refractivity contribution < 1.29 is 29.6 Å². The molecule has 0 aliphatic rings. The highest BCUT2D eigenvalue weighted by Crippen LogP contribution is 1.83. The standard InChI is InChI=1S/C5H12O.C4H10O3.C2H4O2/c1-3-4-5-6-2;5-1-3-7-4-2-6;1-2(3)4/h3-5H2,1-2H3;5-6H,1-4H2;1H3,(H,3,4). The predicted octanol–water partition coefficient (Wildman–Crippen LogP) is 0.511. The van der Waals surface area contributed by atoms with Gasteiger partial charge in [0.1, 0.15) is 0 Å². The number of aliphatic hydroxyl groups excluding tert-OH is 2. The average Bonchev–Trinajstić information content (AvgIpc) is 2.27. The van der Waals surface area contributed by atoms with Crippen molar-refractivity contribution in [3.63, 3.8) is 0 Å². The first-order chi connectivity index (χ1) is 8.06. The summed E-state index contributed by atoms with van der Waals surface area (Å²) in [4.78, 5) is 9.00. The van der Waals surface area contributed by atoms with Crippen molar-refractivity contribution in [1.29, 1.82) is 0 Å². The largest absolute Gasteiger partial charge is 0.481 e. The Morgan fingerprint density at radius 3 is 1.71 bits per heavy atom. The van der Waals surface area contributed by atoms with Crippen molar-refractivity contribution in [2.75, 3.05) is 40.1 Å². The Morgan fingerprint density at radius 2 is 1.53 bits per heavy atom. The van der Waals surface area contributed by atoms with E-state index in [4.69, 9.17) is 24.9 Å². The molecule has 3 N–H and O–H groups in total. The third kappa shape index (κ3) is 68.1. The van der Waals surface area contributed by atoms with Crippen LogP contribution in [0.1, 0.15) is 26.7 Å². The summed E-state index contributed by atoms with van der Waals surface area (Å²) in [6.07, 6.45) is 2.42. The van der Waals surface area contributed by atoms with Gasteiger partial charge in [-0.1, -0.05) is 13.3 Å². The van der Waals surface area contributed by atoms with Crippen LogP contribution in [0, 0.1) is 0 Å². The van der Waals surface area contributed by atoms with Crippen LogP contribution in [0.3, 0.4) is 0 Å². The van der Waals surface area contributed by atoms with E-state index in [9.17, 15) is 0 Å². The fraction of sp³-hybridized carbons (Fsp3) is 0.909. The topological polar surface area (TPSA) is 96.2 Å². The van der Waals surface area contributed by atoms with E-state index in [-0.39, 0.29) is 13.2 Å². The van der Waals surface area contributed by atoms with E-state index in [0.717, 1.165) is 13.5 Å². The van der Waals surface area contributed by atoms with Gasteiger partial charge in [0.05, 0.1) is 26.4 Å². The van der Waals surface area contributed by atoms with Crippen LogP contribution in [0.4, 0.5) is 0 Å². The molecule has 0 aliphatic heterocycles. The number of methoxy groups -OCH3 is 1. The van der Waals surface area contributed by atoms with E-state index in [1.165, 1.54) is 12.8 Å². The van der Waals surface area contributed by atoms with Gasteiger partial charge in [0.2, 0.25) is 0 Å². The van der Waals surface area contributed by atoms with Crippen LogP contribution < -0.4 is 0 Å². The van der Waals surface area contributed by atoms with Gasteiger partial charge in [-0.3, -0.25) is 4.79 Å². The first-order valence-corrected chi connectivity index (χ1v) is 5.54. The van der Waals surface area contributed by atoms with E-state index in [1.807, 2.05) is 0 Å². The van der Waals surface area contributed by atoms with Gasteiger partial charge < -0.3 is 24.8 Å². The zero-order valence-corrected chi connectivity index (χ0v) is 11.0. The van der Waals surface area contributed by atoms with Crippen molar-refractivity contribution >= 4 is 5.97 Å². The molecule has 0 saturated carbocycles. The van der Waals surface area contributed by atoms with Gasteiger partial charge >= 0.3 is 0 Å². The highest BCUT2D eigenvalue weighted by atomic mass is 16.5. The first kappa shape index (κ1) is 21.6. The summed E-state index contributed by atoms with van der Waals surface area (Å²) in [5.74, 6) is -0.833. The Kier molecular flexibility index (Phi) is 31.1. The zero-order valence-electron chi connectivity index (χ0n) is 11.0. The zero-order chi connectivity index (χ0) is 13.9. The molecule has 0 aromatic carbocycles. The van der Waals surface area contributed by atoms with Gasteiger partial charge in [0.15, 0.2) is 0 Å². The van der Waals surface area contributed by atoms with E-state index < -0.39 is 5.97 Å². The second kappa shape index (κ2) is 24.5. The van der Waals surface area contributed by atoms with Crippen LogP contribution in [-0.2, 0) is 14.3 Å². The Balaban J connectivity index is -0.000000180. The Morgan fingerprint density at radius 1 is 1.12 bits per heavy atom. The highest BCUT2D eigenvalue weighted by Gasteiger charge is 1.79. The quantitative estimate of drug-likeness (QED) is 0.573. The van der Waals surface area contributed by atoms with E-state index >= 15 is 0 Å². The van der Waals surface area contributed by atoms with Crippen molar-refractivity contribution in [2.24, 2.45) is 0 Å². The maximum atomic E-state index is 9.00. The number of carboxylic acids is 1. The smallest absolute Gasteiger partial charge is 0.300 e. The van der Waals surface area contributed by atoms with Crippen LogP contribution in [0.2, 0.25) is 0 Å². The molecule has 0 atom stereocenters. The molecule has 0 radical (unpaired) electrons. The van der Waals surface area contributed by atoms with Crippen molar-refractivity contribution in [3.05, 3.63) is 0 Å². The summed E-state index contributed by atoms with van der Waals surface area (Å²) in [6.45, 7) is 4.84. The second-order valence-electron chi connectivity index (χ2n) is 2.92. The highest BCUT2D eigenvalue weighted by molar-refractivity contribution is 5.62. The number of aliphatic hydroxyl groups is 2. The van der Waals surface area contributed by atoms with Gasteiger partial charge in [-0.15, -0.1) is 0 Å². The predicted molar refractivity (Wildman–Crippen MR) is 65.1 cm³/mol. The molecular weight excluding hydrogens is 228 g/mol. The molecule has 0 rings (SSSR count). The summed E-state index contributed by atoms with van der Waals surface area (Å²) in [7, 11) is 1.73. The third-order valence-electron chi connectivity index (χ3n) is 1.17. The maximum Gasteiger partial charge on any atom is 0.300 e. The number of ether oxygens (including phenoxy) is 2. The van der Waals surface area contributed by atoms with Crippen LogP contribution >= 0.6 is 0 Å². The molecule has 0 saturated heterocycles. The summed E-state index contributed by atoms with van der Waals surface area (Å²) < 4.78 is 9.41. The number of rotatable bonds is 7. The van der Waals surface area contributed by atoms with Crippen LogP contribution in [0.25, 0.3) is 0 Å². The van der Waals surface area contributed by atoms with Crippen LogP contribution in [0.5, 0.6) is 0 Å². The molecule has 106 valence electrons. The SMILES string of the molecule is CC(=O)O.CCCCOC.OCCOCCO. The van der Waals surface area contributed by atoms with E-state index in [2.05, 4.69) is 11.7 Å². The normalized spacial score (nSPS) is 8.53. The molecule has 0 unspecified atom stereocenters. The van der Waals surface area contributed by atoms with Crippen LogP contribution in [-0.4, -0.2) is 61.4 Å². The van der Waals surface area contributed by atoms with Crippen molar-refractivity contribution in [2.45, 2.75) is 26.7 Å². The number of hydrogen-bond acceptors (Lipinski definition) is 5. The minimum absolute atomic E-state index is 0.0278. The Bertz CT molecular complexity index is 117. The molecule has 0 fully saturated rings. The first-order valence-electron chi connectivity index (χ1n) is 5.54. The molecule has 0 aliphatic carbocycles. The summed E-state index contributed by atoms with van der Waals surface area (Å²) in [6, 6.07) is 0. The third-order valence-corrected chi connectivity index (χ3v) is 1.17. The van der Waals surface area contributed by atoms with Gasteiger partial charge in [-0.05, 0) is 6.42 Å². The number of aliphatic carboxylic acids is 1. The minimum Gasteiger partial charge on any atom is -0.481 e. The fourth-order valence-corrected chi connectivity index (χ4v) is 0.520. The van der Waals surface area contributed by atoms with Gasteiger partial charge in [0, 0.05) is 20.6 Å². The summed E-state index contributed by atoms with van der Waals surface area (Å²) in [5, 5.41) is 23.6. The lowest BCUT2D eigenvalue weighted by Gasteiger charge is -1.94. The maximum absolute atomic E-state index is 9.00. The second-order valence-corrected chi connectivity index (χ2v) is 2.92. The molecule has 0 amide bonds. The average molecular weight is 254 g/mol. The molecule has 6 nitrogen and oxygen atoms in total. The van der Waals surface area contributed by atoms with Gasteiger partial charge in [-0.25, -0.2) is 0 Å². The number of unbranched alkanes of at least 4 members (excludes halogenated alkanes) is 1. The number of carbonyl (C=O) groups is 1. The van der Waals surface area contributed by atoms with Crippen molar-refractivity contribution in [1.82, 2.24) is 0 Å². The van der Waals surface area contributed by atoms with Crippen molar-refractivity contribution in [3.8, 4) is 0 Å². The Labute approximate surface area is 103 Å².